The first-order valence-corrected chi connectivity index (χ1v) is 6.49. The summed E-state index contributed by atoms with van der Waals surface area (Å²) in [4.78, 5) is 13.4. The lowest BCUT2D eigenvalue weighted by molar-refractivity contribution is -0.142. The topological polar surface area (TPSA) is 32.3 Å². The molecule has 2 atom stereocenters. The molecule has 2 rings (SSSR count). The minimum Gasteiger partial charge on any atom is -0.344 e. The zero-order chi connectivity index (χ0) is 14.8. The van der Waals surface area contributed by atoms with Gasteiger partial charge in [-0.25, -0.2) is 0 Å². The summed E-state index contributed by atoms with van der Waals surface area (Å²) in [6, 6.07) is 7.01. The van der Waals surface area contributed by atoms with Gasteiger partial charge < -0.3 is 4.90 Å². The largest absolute Gasteiger partial charge is 0.390 e. The van der Waals surface area contributed by atoms with Crippen LogP contribution in [0.1, 0.15) is 24.4 Å². The molecule has 1 aromatic rings. The van der Waals surface area contributed by atoms with E-state index in [-0.39, 0.29) is 5.91 Å². The van der Waals surface area contributed by atoms with Gasteiger partial charge in [-0.3, -0.25) is 10.1 Å². The molecule has 0 aromatic heterocycles. The molecule has 1 saturated heterocycles. The summed E-state index contributed by atoms with van der Waals surface area (Å²) in [6.45, 7) is 0.573. The second-order valence-electron chi connectivity index (χ2n) is 5.05. The van der Waals surface area contributed by atoms with E-state index < -0.39 is 24.7 Å². The fourth-order valence-corrected chi connectivity index (χ4v) is 2.41. The number of amides is 1. The molecule has 110 valence electrons. The highest BCUT2D eigenvalue weighted by molar-refractivity contribution is 5.83. The Bertz CT molecular complexity index is 461. The highest BCUT2D eigenvalue weighted by Gasteiger charge is 2.36. The molecule has 6 heteroatoms. The number of alkyl halides is 3. The van der Waals surface area contributed by atoms with Crippen LogP contribution < -0.4 is 5.32 Å². The van der Waals surface area contributed by atoms with Gasteiger partial charge in [0.25, 0.3) is 0 Å². The van der Waals surface area contributed by atoms with E-state index in [4.69, 9.17) is 0 Å². The van der Waals surface area contributed by atoms with E-state index in [1.54, 1.807) is 37.4 Å². The number of carbonyl (C=O) groups is 1. The maximum absolute atomic E-state index is 12.7. The smallest absolute Gasteiger partial charge is 0.344 e. The predicted octanol–water partition coefficient (Wildman–Crippen LogP) is 2.50. The molecule has 1 N–H and O–H groups in total. The normalized spacial score (nSPS) is 21.3. The number of nitrogens with zero attached hydrogens (tertiary/aromatic N) is 1. The lowest BCUT2D eigenvalue weighted by atomic mass is 10.0. The maximum atomic E-state index is 12.7. The molecule has 0 saturated carbocycles. The summed E-state index contributed by atoms with van der Waals surface area (Å²) in [5.74, 6) is -0.145. The van der Waals surface area contributed by atoms with Crippen molar-refractivity contribution in [2.45, 2.75) is 31.1 Å². The van der Waals surface area contributed by atoms with E-state index >= 15 is 0 Å². The monoisotopic (exact) mass is 286 g/mol. The minimum absolute atomic E-state index is 0.145. The molecule has 1 aromatic carbocycles. The lowest BCUT2D eigenvalue weighted by Gasteiger charge is -2.23. The summed E-state index contributed by atoms with van der Waals surface area (Å²) in [5, 5.41) is 2.86. The van der Waals surface area contributed by atoms with Crippen molar-refractivity contribution in [1.82, 2.24) is 10.2 Å². The molecule has 1 aliphatic rings. The van der Waals surface area contributed by atoms with Crippen LogP contribution in [0.4, 0.5) is 13.2 Å². The number of rotatable bonds is 4. The number of hydrogen-bond donors (Lipinski definition) is 1. The number of likely N-dealkylation sites (tertiary alicyclic amines) is 1. The highest BCUT2D eigenvalue weighted by atomic mass is 19.4. The SMILES string of the molecule is CN1CCC(NC(CC(F)(F)F)c2ccccc2)C1=O. The van der Waals surface area contributed by atoms with Gasteiger partial charge >= 0.3 is 6.18 Å². The first-order valence-electron chi connectivity index (χ1n) is 6.49. The Morgan fingerprint density at radius 3 is 2.50 bits per heavy atom. The van der Waals surface area contributed by atoms with Gasteiger partial charge in [0.1, 0.15) is 0 Å². The molecule has 1 heterocycles. The third-order valence-corrected chi connectivity index (χ3v) is 3.47. The third kappa shape index (κ3) is 3.72. The first-order chi connectivity index (χ1) is 9.37. The van der Waals surface area contributed by atoms with E-state index in [2.05, 4.69) is 5.32 Å². The van der Waals surface area contributed by atoms with Crippen molar-refractivity contribution in [3.05, 3.63) is 35.9 Å². The van der Waals surface area contributed by atoms with Crippen LogP contribution in [0.5, 0.6) is 0 Å². The summed E-state index contributed by atoms with van der Waals surface area (Å²) < 4.78 is 38.1. The van der Waals surface area contributed by atoms with Crippen LogP contribution in [0.25, 0.3) is 0 Å². The zero-order valence-electron chi connectivity index (χ0n) is 11.2. The number of carbonyl (C=O) groups excluding carboxylic acids is 1. The van der Waals surface area contributed by atoms with Crippen LogP contribution in [-0.2, 0) is 4.79 Å². The Labute approximate surface area is 115 Å². The van der Waals surface area contributed by atoms with E-state index in [1.807, 2.05) is 0 Å². The number of nitrogens with one attached hydrogen (secondary N) is 1. The van der Waals surface area contributed by atoms with Gasteiger partial charge in [0, 0.05) is 19.6 Å². The highest BCUT2D eigenvalue weighted by Crippen LogP contribution is 2.30. The average Bonchev–Trinajstić information content (AvgIpc) is 2.69. The molecule has 0 bridgehead atoms. The quantitative estimate of drug-likeness (QED) is 0.922. The van der Waals surface area contributed by atoms with Crippen LogP contribution >= 0.6 is 0 Å². The van der Waals surface area contributed by atoms with E-state index in [0.29, 0.717) is 18.5 Å². The van der Waals surface area contributed by atoms with Gasteiger partial charge in [-0.2, -0.15) is 13.2 Å². The van der Waals surface area contributed by atoms with Gasteiger partial charge in [0.15, 0.2) is 0 Å². The lowest BCUT2D eigenvalue weighted by Crippen LogP contribution is -2.40. The molecule has 3 nitrogen and oxygen atoms in total. The van der Waals surface area contributed by atoms with Crippen molar-refractivity contribution in [3.63, 3.8) is 0 Å². The molecule has 1 amide bonds. The third-order valence-electron chi connectivity index (χ3n) is 3.47. The van der Waals surface area contributed by atoms with Crippen molar-refractivity contribution in [2.75, 3.05) is 13.6 Å². The average molecular weight is 286 g/mol. The molecular weight excluding hydrogens is 269 g/mol. The maximum Gasteiger partial charge on any atom is 0.390 e. The van der Waals surface area contributed by atoms with Crippen molar-refractivity contribution in [3.8, 4) is 0 Å². The molecule has 2 unspecified atom stereocenters. The van der Waals surface area contributed by atoms with Crippen molar-refractivity contribution >= 4 is 5.91 Å². The second-order valence-corrected chi connectivity index (χ2v) is 5.05. The van der Waals surface area contributed by atoms with Gasteiger partial charge in [0.05, 0.1) is 12.5 Å². The number of hydrogen-bond acceptors (Lipinski definition) is 2. The fraction of sp³-hybridized carbons (Fsp3) is 0.500. The molecule has 0 radical (unpaired) electrons. The second kappa shape index (κ2) is 5.83. The Morgan fingerprint density at radius 2 is 2.00 bits per heavy atom. The Morgan fingerprint density at radius 1 is 1.35 bits per heavy atom. The van der Waals surface area contributed by atoms with E-state index in [9.17, 15) is 18.0 Å². The fourth-order valence-electron chi connectivity index (χ4n) is 2.41. The molecular formula is C14H17F3N2O. The van der Waals surface area contributed by atoms with Crippen LogP contribution in [0.2, 0.25) is 0 Å². The van der Waals surface area contributed by atoms with Gasteiger partial charge in [-0.15, -0.1) is 0 Å². The Hall–Kier alpha value is -1.56. The van der Waals surface area contributed by atoms with Crippen molar-refractivity contribution in [1.29, 1.82) is 0 Å². The van der Waals surface area contributed by atoms with Gasteiger partial charge in [-0.1, -0.05) is 30.3 Å². The standard InChI is InChI=1S/C14H17F3N2O/c1-19-8-7-11(13(19)20)18-12(9-14(15,16)17)10-5-3-2-4-6-10/h2-6,11-12,18H,7-9H2,1H3. The Kier molecular flexibility index (Phi) is 4.32. The number of halogens is 3. The zero-order valence-corrected chi connectivity index (χ0v) is 11.2. The summed E-state index contributed by atoms with van der Waals surface area (Å²) >= 11 is 0. The van der Waals surface area contributed by atoms with Gasteiger partial charge in [-0.05, 0) is 12.0 Å². The predicted molar refractivity (Wildman–Crippen MR) is 69.0 cm³/mol. The molecule has 1 aliphatic heterocycles. The Balaban J connectivity index is 2.13. The minimum atomic E-state index is -4.28. The molecule has 20 heavy (non-hydrogen) atoms. The summed E-state index contributed by atoms with van der Waals surface area (Å²) in [6.07, 6.45) is -4.72. The number of benzene rings is 1. The van der Waals surface area contributed by atoms with E-state index in [1.165, 1.54) is 4.90 Å². The van der Waals surface area contributed by atoms with Crippen molar-refractivity contribution in [2.24, 2.45) is 0 Å². The molecule has 0 aliphatic carbocycles. The van der Waals surface area contributed by atoms with Crippen molar-refractivity contribution < 1.29 is 18.0 Å². The van der Waals surface area contributed by atoms with Crippen LogP contribution in [0.15, 0.2) is 30.3 Å². The molecule has 0 spiro atoms. The van der Waals surface area contributed by atoms with Gasteiger partial charge in [0.2, 0.25) is 5.91 Å². The van der Waals surface area contributed by atoms with E-state index in [0.717, 1.165) is 0 Å². The van der Waals surface area contributed by atoms with Crippen LogP contribution in [0, 0.1) is 0 Å². The van der Waals surface area contributed by atoms with Crippen LogP contribution in [0.3, 0.4) is 0 Å². The summed E-state index contributed by atoms with van der Waals surface area (Å²) in [5.41, 5.74) is 0.548. The number of likely N-dealkylation sites (N-methyl/N-ethyl adjacent to an activating group) is 1. The van der Waals surface area contributed by atoms with Crippen LogP contribution in [-0.4, -0.2) is 36.6 Å². The summed E-state index contributed by atoms with van der Waals surface area (Å²) in [7, 11) is 1.66. The molecule has 1 fully saturated rings. The first kappa shape index (κ1) is 14.8.